The van der Waals surface area contributed by atoms with Crippen LogP contribution in [-0.4, -0.2) is 23.3 Å². The number of carbonyl (C=O) groups excluding carboxylic acids is 1. The first-order chi connectivity index (χ1) is 17.1. The summed E-state index contributed by atoms with van der Waals surface area (Å²) < 4.78 is 5.77. The molecule has 0 heterocycles. The van der Waals surface area contributed by atoms with Crippen LogP contribution in [0, 0.1) is 34.0 Å². The Hall–Kier alpha value is -1.09. The summed E-state index contributed by atoms with van der Waals surface area (Å²) in [5, 5.41) is 10.8. The Morgan fingerprint density at radius 1 is 1.03 bits per heavy atom. The van der Waals surface area contributed by atoms with Gasteiger partial charge in [-0.2, -0.15) is 0 Å². The maximum atomic E-state index is 12.4. The number of aliphatic hydroxyl groups excluding tert-OH is 1. The topological polar surface area (TPSA) is 46.5 Å². The number of allylic oxidation sites excluding steroid dienone is 4. The quantitative estimate of drug-likeness (QED) is 0.376. The van der Waals surface area contributed by atoms with E-state index in [1.165, 1.54) is 51.4 Å². The minimum Gasteiger partial charge on any atom is -0.462 e. The van der Waals surface area contributed by atoms with Gasteiger partial charge in [0.05, 0.1) is 6.10 Å². The van der Waals surface area contributed by atoms with Crippen molar-refractivity contribution in [2.45, 2.75) is 143 Å². The maximum absolute atomic E-state index is 12.4. The van der Waals surface area contributed by atoms with Gasteiger partial charge < -0.3 is 9.84 Å². The monoisotopic (exact) mass is 496 g/mol. The largest absolute Gasteiger partial charge is 0.462 e. The molecule has 36 heavy (non-hydrogen) atoms. The van der Waals surface area contributed by atoms with Crippen LogP contribution in [0.1, 0.15) is 131 Å². The number of ether oxygens (including phenoxy) is 1. The summed E-state index contributed by atoms with van der Waals surface area (Å²) in [4.78, 5) is 12.4. The van der Waals surface area contributed by atoms with Crippen molar-refractivity contribution in [2.75, 3.05) is 0 Å². The lowest BCUT2D eigenvalue weighted by molar-refractivity contribution is -0.150. The van der Waals surface area contributed by atoms with E-state index < -0.39 is 0 Å². The van der Waals surface area contributed by atoms with E-state index in [4.69, 9.17) is 4.74 Å². The first-order valence-electron chi connectivity index (χ1n) is 15.4. The number of aliphatic hydroxyl groups is 1. The fourth-order valence-electron chi connectivity index (χ4n) is 9.77. The highest BCUT2D eigenvalue weighted by Crippen LogP contribution is 2.66. The Morgan fingerprint density at radius 3 is 2.53 bits per heavy atom. The van der Waals surface area contributed by atoms with Crippen molar-refractivity contribution in [1.29, 1.82) is 0 Å². The van der Waals surface area contributed by atoms with Gasteiger partial charge in [0.15, 0.2) is 0 Å². The third kappa shape index (κ3) is 4.44. The Labute approximate surface area is 220 Å². The fraction of sp³-hybridized carbons (Fsp3) is 0.848. The van der Waals surface area contributed by atoms with Crippen molar-refractivity contribution in [3.05, 3.63) is 22.8 Å². The van der Waals surface area contributed by atoms with Crippen LogP contribution in [-0.2, 0) is 9.53 Å². The summed E-state index contributed by atoms with van der Waals surface area (Å²) in [6, 6.07) is 0. The molecule has 202 valence electrons. The van der Waals surface area contributed by atoms with Crippen molar-refractivity contribution in [3.63, 3.8) is 0 Å². The summed E-state index contributed by atoms with van der Waals surface area (Å²) >= 11 is 0. The molecule has 0 amide bonds. The van der Waals surface area contributed by atoms with Gasteiger partial charge >= 0.3 is 5.97 Å². The number of esters is 1. The first-order valence-corrected chi connectivity index (χ1v) is 15.4. The SMILES string of the molecule is C[C@H](CCCC(=O)OC1CCCCC1)[C@H]1CC=C2C3=C(CC[C@@]21C)[C@@]1(C)CC[C@H](O)C(C)(C)[C@@H]1CC3. The number of carbonyl (C=O) groups is 1. The molecule has 0 spiro atoms. The fourth-order valence-corrected chi connectivity index (χ4v) is 9.77. The normalized spacial score (nSPS) is 39.1. The van der Waals surface area contributed by atoms with Gasteiger partial charge in [-0.15, -0.1) is 0 Å². The lowest BCUT2D eigenvalue weighted by Gasteiger charge is -2.59. The number of rotatable bonds is 6. The van der Waals surface area contributed by atoms with Gasteiger partial charge in [0.2, 0.25) is 0 Å². The van der Waals surface area contributed by atoms with E-state index in [1.54, 1.807) is 16.7 Å². The molecule has 5 aliphatic carbocycles. The van der Waals surface area contributed by atoms with E-state index in [1.807, 2.05) is 0 Å². The summed E-state index contributed by atoms with van der Waals surface area (Å²) in [6.45, 7) is 12.2. The Kier molecular flexibility index (Phi) is 7.29. The lowest BCUT2D eigenvalue weighted by Crippen LogP contribution is -2.53. The van der Waals surface area contributed by atoms with Crippen molar-refractivity contribution in [3.8, 4) is 0 Å². The average Bonchev–Trinajstić information content (AvgIpc) is 3.20. The molecule has 0 aromatic heterocycles. The second-order valence-electron chi connectivity index (χ2n) is 14.3. The van der Waals surface area contributed by atoms with E-state index in [0.717, 1.165) is 38.5 Å². The van der Waals surface area contributed by atoms with Crippen molar-refractivity contribution in [1.82, 2.24) is 0 Å². The van der Waals surface area contributed by atoms with Gasteiger partial charge in [0.25, 0.3) is 0 Å². The van der Waals surface area contributed by atoms with Crippen LogP contribution in [0.4, 0.5) is 0 Å². The molecule has 2 fully saturated rings. The Morgan fingerprint density at radius 2 is 1.78 bits per heavy atom. The van der Waals surface area contributed by atoms with Crippen molar-refractivity contribution >= 4 is 5.97 Å². The van der Waals surface area contributed by atoms with Crippen LogP contribution in [0.3, 0.4) is 0 Å². The van der Waals surface area contributed by atoms with E-state index in [-0.39, 0.29) is 34.4 Å². The van der Waals surface area contributed by atoms with Gasteiger partial charge in [0.1, 0.15) is 6.10 Å². The summed E-state index contributed by atoms with van der Waals surface area (Å²) in [5.74, 6) is 1.93. The van der Waals surface area contributed by atoms with Gasteiger partial charge in [0, 0.05) is 6.42 Å². The van der Waals surface area contributed by atoms with Gasteiger partial charge in [-0.05, 0) is 129 Å². The smallest absolute Gasteiger partial charge is 0.306 e. The standard InChI is InChI=1S/C33H52O3/c1-22(10-9-13-30(35)36-23-11-7-6-8-12-23)25-15-16-26-24-14-17-28-31(2,3)29(34)19-21-33(28,5)27(24)18-20-32(25,26)4/h16,22-23,25,28-29,34H,6-15,17-21H2,1-5H3/t22-,25-,28+,29+,32-,33-/m1/s1. The van der Waals surface area contributed by atoms with Gasteiger partial charge in [-0.1, -0.05) is 52.7 Å². The zero-order valence-electron chi connectivity index (χ0n) is 23.8. The molecule has 6 atom stereocenters. The molecular formula is C33H52O3. The molecule has 0 aromatic carbocycles. The molecule has 0 aromatic rings. The predicted octanol–water partition coefficient (Wildman–Crippen LogP) is 8.31. The van der Waals surface area contributed by atoms with Crippen molar-refractivity contribution < 1.29 is 14.6 Å². The maximum Gasteiger partial charge on any atom is 0.306 e. The lowest BCUT2D eigenvalue weighted by atomic mass is 9.46. The Balaban J connectivity index is 1.22. The highest BCUT2D eigenvalue weighted by Gasteiger charge is 2.57. The summed E-state index contributed by atoms with van der Waals surface area (Å²) in [7, 11) is 0. The second-order valence-corrected chi connectivity index (χ2v) is 14.3. The Bertz CT molecular complexity index is 906. The van der Waals surface area contributed by atoms with Crippen LogP contribution in [0.15, 0.2) is 22.8 Å². The third-order valence-corrected chi connectivity index (χ3v) is 12.0. The van der Waals surface area contributed by atoms with Crippen molar-refractivity contribution in [2.24, 2.45) is 34.0 Å². The summed E-state index contributed by atoms with van der Waals surface area (Å²) in [5.41, 5.74) is 5.68. The van der Waals surface area contributed by atoms with Gasteiger partial charge in [-0.25, -0.2) is 0 Å². The van der Waals surface area contributed by atoms with E-state index in [2.05, 4.69) is 40.7 Å². The summed E-state index contributed by atoms with van der Waals surface area (Å²) in [6.07, 6.45) is 19.3. The first kappa shape index (κ1) is 26.5. The van der Waals surface area contributed by atoms with E-state index in [9.17, 15) is 9.90 Å². The highest BCUT2D eigenvalue weighted by molar-refractivity contribution is 5.69. The van der Waals surface area contributed by atoms with Crippen LogP contribution in [0.25, 0.3) is 0 Å². The predicted molar refractivity (Wildman–Crippen MR) is 146 cm³/mol. The molecular weight excluding hydrogens is 444 g/mol. The molecule has 0 saturated heterocycles. The number of hydrogen-bond donors (Lipinski definition) is 1. The highest BCUT2D eigenvalue weighted by atomic mass is 16.5. The second kappa shape index (κ2) is 9.90. The molecule has 1 N–H and O–H groups in total. The van der Waals surface area contributed by atoms with Crippen LogP contribution in [0.5, 0.6) is 0 Å². The number of hydrogen-bond acceptors (Lipinski definition) is 3. The number of fused-ring (bicyclic) bond motifs is 4. The zero-order valence-corrected chi connectivity index (χ0v) is 23.8. The molecule has 5 aliphatic rings. The van der Waals surface area contributed by atoms with Gasteiger partial charge in [-0.3, -0.25) is 4.79 Å². The molecule has 5 rings (SSSR count). The van der Waals surface area contributed by atoms with Crippen LogP contribution < -0.4 is 0 Å². The molecule has 0 bridgehead atoms. The van der Waals surface area contributed by atoms with Crippen LogP contribution in [0.2, 0.25) is 0 Å². The molecule has 3 nitrogen and oxygen atoms in total. The molecule has 0 radical (unpaired) electrons. The average molecular weight is 497 g/mol. The minimum absolute atomic E-state index is 0.00548. The van der Waals surface area contributed by atoms with E-state index in [0.29, 0.717) is 24.2 Å². The minimum atomic E-state index is -0.164. The molecule has 0 unspecified atom stereocenters. The molecule has 3 heteroatoms. The van der Waals surface area contributed by atoms with Crippen LogP contribution >= 0.6 is 0 Å². The zero-order chi connectivity index (χ0) is 25.7. The third-order valence-electron chi connectivity index (χ3n) is 12.0. The molecule has 2 saturated carbocycles. The van der Waals surface area contributed by atoms with E-state index >= 15 is 0 Å². The molecule has 0 aliphatic heterocycles.